The van der Waals surface area contributed by atoms with Crippen LogP contribution < -0.4 is 0 Å². The molecule has 0 aliphatic carbocycles. The van der Waals surface area contributed by atoms with E-state index in [1.54, 1.807) is 4.90 Å². The molecule has 2 rings (SSSR count). The molecule has 1 aliphatic rings. The zero-order chi connectivity index (χ0) is 11.5. The minimum Gasteiger partial charge on any atom is -0.394 e. The Balaban J connectivity index is 2.06. The number of nitrogens with zero attached hydrogens (tertiary/aromatic N) is 1. The second-order valence-corrected chi connectivity index (χ2v) is 4.75. The van der Waals surface area contributed by atoms with Crippen molar-refractivity contribution in [1.29, 1.82) is 0 Å². The van der Waals surface area contributed by atoms with E-state index in [1.165, 1.54) is 11.3 Å². The van der Waals surface area contributed by atoms with Gasteiger partial charge in [-0.25, -0.2) is 0 Å². The predicted octanol–water partition coefficient (Wildman–Crippen LogP) is 0.970. The second kappa shape index (κ2) is 4.95. The molecule has 1 aliphatic heterocycles. The summed E-state index contributed by atoms with van der Waals surface area (Å²) in [4.78, 5) is 13.8. The number of amides is 1. The number of rotatable bonds is 2. The summed E-state index contributed by atoms with van der Waals surface area (Å²) in [7, 11) is 0. The number of aliphatic hydroxyl groups is 1. The van der Waals surface area contributed by atoms with Crippen LogP contribution in [0.3, 0.4) is 0 Å². The molecule has 0 saturated carbocycles. The summed E-state index contributed by atoms with van der Waals surface area (Å²) in [6, 6.07) is 1.82. The van der Waals surface area contributed by atoms with Crippen LogP contribution in [-0.2, 0) is 4.74 Å². The first-order chi connectivity index (χ1) is 7.70. The molecule has 4 nitrogen and oxygen atoms in total. The van der Waals surface area contributed by atoms with Gasteiger partial charge in [0.1, 0.15) is 0 Å². The molecular weight excluding hydrogens is 226 g/mol. The average Bonchev–Trinajstić information content (AvgIpc) is 2.80. The Morgan fingerprint density at radius 3 is 3.12 bits per heavy atom. The molecule has 2 atom stereocenters. The van der Waals surface area contributed by atoms with Gasteiger partial charge in [-0.1, -0.05) is 0 Å². The molecule has 5 heteroatoms. The van der Waals surface area contributed by atoms with Crippen molar-refractivity contribution in [3.05, 3.63) is 22.4 Å². The van der Waals surface area contributed by atoms with Crippen LogP contribution in [0.25, 0.3) is 0 Å². The van der Waals surface area contributed by atoms with Gasteiger partial charge in [0.15, 0.2) is 0 Å². The highest BCUT2D eigenvalue weighted by atomic mass is 32.1. The zero-order valence-corrected chi connectivity index (χ0v) is 9.94. The molecule has 0 spiro atoms. The molecule has 2 unspecified atom stereocenters. The van der Waals surface area contributed by atoms with Crippen molar-refractivity contribution in [2.75, 3.05) is 19.7 Å². The normalized spacial score (nSPS) is 25.8. The van der Waals surface area contributed by atoms with Gasteiger partial charge in [-0.15, -0.1) is 0 Å². The van der Waals surface area contributed by atoms with Crippen molar-refractivity contribution in [2.45, 2.75) is 19.1 Å². The summed E-state index contributed by atoms with van der Waals surface area (Å²) in [5, 5.41) is 12.8. The Morgan fingerprint density at radius 1 is 1.69 bits per heavy atom. The maximum atomic E-state index is 12.1. The van der Waals surface area contributed by atoms with Crippen LogP contribution in [0.2, 0.25) is 0 Å². The number of aliphatic hydroxyl groups excluding tert-OH is 1. The smallest absolute Gasteiger partial charge is 0.254 e. The summed E-state index contributed by atoms with van der Waals surface area (Å²) < 4.78 is 5.49. The average molecular weight is 241 g/mol. The SMILES string of the molecule is CC1CN(C(=O)c2ccsc2)CC(CO)O1. The highest BCUT2D eigenvalue weighted by molar-refractivity contribution is 7.08. The summed E-state index contributed by atoms with van der Waals surface area (Å²) in [5.74, 6) is 0.0230. The lowest BCUT2D eigenvalue weighted by Gasteiger charge is -2.35. The lowest BCUT2D eigenvalue weighted by Crippen LogP contribution is -2.50. The number of thiophene rings is 1. The predicted molar refractivity (Wildman–Crippen MR) is 61.6 cm³/mol. The van der Waals surface area contributed by atoms with Crippen LogP contribution in [0.15, 0.2) is 16.8 Å². The van der Waals surface area contributed by atoms with E-state index in [2.05, 4.69) is 0 Å². The lowest BCUT2D eigenvalue weighted by atomic mass is 10.2. The third kappa shape index (κ3) is 2.42. The quantitative estimate of drug-likeness (QED) is 0.839. The van der Waals surface area contributed by atoms with E-state index < -0.39 is 0 Å². The van der Waals surface area contributed by atoms with Crippen LogP contribution in [0.5, 0.6) is 0 Å². The molecule has 0 aromatic carbocycles. The van der Waals surface area contributed by atoms with E-state index in [0.717, 1.165) is 5.56 Å². The molecule has 0 radical (unpaired) electrons. The van der Waals surface area contributed by atoms with E-state index in [0.29, 0.717) is 13.1 Å². The van der Waals surface area contributed by atoms with Gasteiger partial charge in [0.2, 0.25) is 0 Å². The van der Waals surface area contributed by atoms with Gasteiger partial charge < -0.3 is 14.7 Å². The van der Waals surface area contributed by atoms with Crippen molar-refractivity contribution in [3.63, 3.8) is 0 Å². The fourth-order valence-corrected chi connectivity index (χ4v) is 2.51. The second-order valence-electron chi connectivity index (χ2n) is 3.97. The molecule has 0 bridgehead atoms. The van der Waals surface area contributed by atoms with Gasteiger partial charge in [0.05, 0.1) is 24.4 Å². The topological polar surface area (TPSA) is 49.8 Å². The summed E-state index contributed by atoms with van der Waals surface area (Å²) >= 11 is 1.51. The number of hydrogen-bond donors (Lipinski definition) is 1. The van der Waals surface area contributed by atoms with Gasteiger partial charge in [0.25, 0.3) is 5.91 Å². The number of morpholine rings is 1. The first-order valence-corrected chi connectivity index (χ1v) is 6.22. The Bertz CT molecular complexity index is 352. The fourth-order valence-electron chi connectivity index (χ4n) is 1.88. The number of carbonyl (C=O) groups excluding carboxylic acids is 1. The van der Waals surface area contributed by atoms with Crippen LogP contribution in [0.1, 0.15) is 17.3 Å². The summed E-state index contributed by atoms with van der Waals surface area (Å²) in [6.07, 6.45) is -0.278. The van der Waals surface area contributed by atoms with Crippen LogP contribution in [0.4, 0.5) is 0 Å². The fraction of sp³-hybridized carbons (Fsp3) is 0.545. The molecule has 1 aromatic rings. The third-order valence-electron chi connectivity index (χ3n) is 2.59. The molecule has 1 fully saturated rings. The molecule has 88 valence electrons. The molecule has 1 aromatic heterocycles. The highest BCUT2D eigenvalue weighted by Crippen LogP contribution is 2.15. The standard InChI is InChI=1S/C11H15NO3S/c1-8-4-12(5-10(6-13)15-8)11(14)9-2-3-16-7-9/h2-3,7-8,10,13H,4-6H2,1H3. The Labute approximate surface area is 98.4 Å². The van der Waals surface area contributed by atoms with Crippen molar-refractivity contribution in [1.82, 2.24) is 4.90 Å². The van der Waals surface area contributed by atoms with Crippen LogP contribution >= 0.6 is 11.3 Å². The van der Waals surface area contributed by atoms with Gasteiger partial charge in [0, 0.05) is 18.5 Å². The van der Waals surface area contributed by atoms with Crippen molar-refractivity contribution in [2.24, 2.45) is 0 Å². The van der Waals surface area contributed by atoms with Crippen molar-refractivity contribution < 1.29 is 14.6 Å². The number of carbonyl (C=O) groups is 1. The van der Waals surface area contributed by atoms with Gasteiger partial charge in [-0.2, -0.15) is 11.3 Å². The Kier molecular flexibility index (Phi) is 3.58. The maximum Gasteiger partial charge on any atom is 0.254 e. The minimum atomic E-state index is -0.258. The summed E-state index contributed by atoms with van der Waals surface area (Å²) in [5.41, 5.74) is 0.718. The van der Waals surface area contributed by atoms with E-state index in [1.807, 2.05) is 23.8 Å². The molecule has 16 heavy (non-hydrogen) atoms. The zero-order valence-electron chi connectivity index (χ0n) is 9.13. The first-order valence-electron chi connectivity index (χ1n) is 5.28. The highest BCUT2D eigenvalue weighted by Gasteiger charge is 2.28. The molecule has 1 saturated heterocycles. The maximum absolute atomic E-state index is 12.1. The number of ether oxygens (including phenoxy) is 1. The largest absolute Gasteiger partial charge is 0.394 e. The Hall–Kier alpha value is -0.910. The van der Waals surface area contributed by atoms with E-state index in [-0.39, 0.29) is 24.7 Å². The molecule has 1 amide bonds. The van der Waals surface area contributed by atoms with Gasteiger partial charge in [-0.3, -0.25) is 4.79 Å². The van der Waals surface area contributed by atoms with E-state index in [4.69, 9.17) is 9.84 Å². The van der Waals surface area contributed by atoms with Gasteiger partial charge in [-0.05, 0) is 18.4 Å². The molecule has 1 N–H and O–H groups in total. The first kappa shape index (κ1) is 11.6. The minimum absolute atomic E-state index is 0.0199. The Morgan fingerprint density at radius 2 is 2.50 bits per heavy atom. The lowest BCUT2D eigenvalue weighted by molar-refractivity contribution is -0.0858. The number of hydrogen-bond acceptors (Lipinski definition) is 4. The monoisotopic (exact) mass is 241 g/mol. The molecular formula is C11H15NO3S. The van der Waals surface area contributed by atoms with Crippen LogP contribution in [0, 0.1) is 0 Å². The van der Waals surface area contributed by atoms with Crippen molar-refractivity contribution in [3.8, 4) is 0 Å². The summed E-state index contributed by atoms with van der Waals surface area (Å²) in [6.45, 7) is 2.92. The van der Waals surface area contributed by atoms with E-state index >= 15 is 0 Å². The van der Waals surface area contributed by atoms with Gasteiger partial charge >= 0.3 is 0 Å². The van der Waals surface area contributed by atoms with E-state index in [9.17, 15) is 4.79 Å². The van der Waals surface area contributed by atoms with Crippen LogP contribution in [-0.4, -0.2) is 47.8 Å². The molecule has 2 heterocycles. The third-order valence-corrected chi connectivity index (χ3v) is 3.27. The van der Waals surface area contributed by atoms with Crippen molar-refractivity contribution >= 4 is 17.2 Å².